The molecule has 0 radical (unpaired) electrons. The standard InChI is InChI=1S/C17H14F3N3/c1-2-12(14-4-3-7-21-16(14)17(18,19)20)8-11-5-6-15-13(9-11)10-22-23-15/h3-10H,2H2,1H3,(H,22,23)/b12-8+. The number of nitrogens with one attached hydrogen (secondary N) is 1. The fourth-order valence-electron chi connectivity index (χ4n) is 2.51. The Hall–Kier alpha value is -2.63. The molecule has 3 rings (SSSR count). The normalized spacial score (nSPS) is 12.8. The molecule has 0 atom stereocenters. The highest BCUT2D eigenvalue weighted by Crippen LogP contribution is 2.35. The first-order valence-corrected chi connectivity index (χ1v) is 7.15. The van der Waals surface area contributed by atoms with Crippen molar-refractivity contribution in [2.24, 2.45) is 0 Å². The molecular formula is C17H14F3N3. The number of H-pyrrole nitrogens is 1. The van der Waals surface area contributed by atoms with Crippen LogP contribution in [0.1, 0.15) is 30.2 Å². The fraction of sp³-hybridized carbons (Fsp3) is 0.176. The zero-order valence-electron chi connectivity index (χ0n) is 12.4. The molecule has 6 heteroatoms. The van der Waals surface area contributed by atoms with E-state index < -0.39 is 11.9 Å². The Balaban J connectivity index is 2.09. The lowest BCUT2D eigenvalue weighted by molar-refractivity contribution is -0.141. The zero-order chi connectivity index (χ0) is 16.4. The van der Waals surface area contributed by atoms with Gasteiger partial charge in [0, 0.05) is 17.1 Å². The van der Waals surface area contributed by atoms with Gasteiger partial charge in [0.2, 0.25) is 0 Å². The molecule has 3 aromatic rings. The molecule has 0 fully saturated rings. The molecule has 0 saturated heterocycles. The van der Waals surface area contributed by atoms with Crippen molar-refractivity contribution < 1.29 is 13.2 Å². The van der Waals surface area contributed by atoms with Crippen LogP contribution in [0.15, 0.2) is 42.7 Å². The molecule has 0 aliphatic rings. The Morgan fingerprint density at radius 2 is 2.09 bits per heavy atom. The maximum Gasteiger partial charge on any atom is 0.433 e. The summed E-state index contributed by atoms with van der Waals surface area (Å²) in [5.41, 5.74) is 1.57. The van der Waals surface area contributed by atoms with Crippen LogP contribution in [0, 0.1) is 0 Å². The van der Waals surface area contributed by atoms with Crippen LogP contribution < -0.4 is 0 Å². The summed E-state index contributed by atoms with van der Waals surface area (Å²) in [6.07, 6.45) is 0.608. The summed E-state index contributed by atoms with van der Waals surface area (Å²) in [6, 6.07) is 8.57. The first-order valence-electron chi connectivity index (χ1n) is 7.15. The second-order valence-electron chi connectivity index (χ2n) is 5.14. The quantitative estimate of drug-likeness (QED) is 0.744. The molecule has 1 N–H and O–H groups in total. The number of rotatable bonds is 3. The van der Waals surface area contributed by atoms with Gasteiger partial charge in [-0.3, -0.25) is 10.1 Å². The number of aromatic amines is 1. The number of hydrogen-bond acceptors (Lipinski definition) is 2. The summed E-state index contributed by atoms with van der Waals surface area (Å²) < 4.78 is 39.4. The van der Waals surface area contributed by atoms with Gasteiger partial charge in [-0.1, -0.05) is 25.1 Å². The van der Waals surface area contributed by atoms with E-state index in [2.05, 4.69) is 15.2 Å². The molecule has 0 amide bonds. The zero-order valence-corrected chi connectivity index (χ0v) is 12.4. The van der Waals surface area contributed by atoms with Gasteiger partial charge in [-0.2, -0.15) is 18.3 Å². The highest BCUT2D eigenvalue weighted by molar-refractivity contribution is 5.87. The summed E-state index contributed by atoms with van der Waals surface area (Å²) in [4.78, 5) is 3.52. The molecule has 0 aliphatic carbocycles. The molecule has 3 nitrogen and oxygen atoms in total. The van der Waals surface area contributed by atoms with Crippen molar-refractivity contribution in [2.75, 3.05) is 0 Å². The molecule has 0 aliphatic heterocycles. The van der Waals surface area contributed by atoms with Crippen LogP contribution in [0.5, 0.6) is 0 Å². The van der Waals surface area contributed by atoms with E-state index in [1.165, 1.54) is 12.1 Å². The number of alkyl halides is 3. The van der Waals surface area contributed by atoms with Crippen molar-refractivity contribution in [3.8, 4) is 0 Å². The first kappa shape index (κ1) is 15.3. The fourth-order valence-corrected chi connectivity index (χ4v) is 2.51. The molecule has 2 aromatic heterocycles. The van der Waals surface area contributed by atoms with Crippen LogP contribution in [0.3, 0.4) is 0 Å². The monoisotopic (exact) mass is 317 g/mol. The number of pyridine rings is 1. The van der Waals surface area contributed by atoms with E-state index >= 15 is 0 Å². The third-order valence-electron chi connectivity index (χ3n) is 3.61. The molecule has 0 bridgehead atoms. The van der Waals surface area contributed by atoms with E-state index in [-0.39, 0.29) is 5.56 Å². The summed E-state index contributed by atoms with van der Waals surface area (Å²) in [7, 11) is 0. The molecular weight excluding hydrogens is 303 g/mol. The molecule has 0 spiro atoms. The molecule has 0 saturated carbocycles. The summed E-state index contributed by atoms with van der Waals surface area (Å²) in [5, 5.41) is 7.70. The molecule has 0 unspecified atom stereocenters. The van der Waals surface area contributed by atoms with Crippen molar-refractivity contribution in [3.05, 3.63) is 59.5 Å². The van der Waals surface area contributed by atoms with Gasteiger partial charge in [0.1, 0.15) is 0 Å². The average Bonchev–Trinajstić information content (AvgIpc) is 2.99. The summed E-state index contributed by atoms with van der Waals surface area (Å²) in [6.45, 7) is 1.83. The Bertz CT molecular complexity index is 863. The van der Waals surface area contributed by atoms with Crippen molar-refractivity contribution >= 4 is 22.6 Å². The van der Waals surface area contributed by atoms with Gasteiger partial charge < -0.3 is 0 Å². The van der Waals surface area contributed by atoms with Crippen LogP contribution in [-0.2, 0) is 6.18 Å². The van der Waals surface area contributed by atoms with E-state index in [0.717, 1.165) is 22.7 Å². The molecule has 118 valence electrons. The van der Waals surface area contributed by atoms with Gasteiger partial charge in [-0.25, -0.2) is 0 Å². The predicted molar refractivity (Wildman–Crippen MR) is 83.5 cm³/mol. The number of allylic oxidation sites excluding steroid dienone is 1. The van der Waals surface area contributed by atoms with Gasteiger partial charge in [-0.15, -0.1) is 0 Å². The third-order valence-corrected chi connectivity index (χ3v) is 3.61. The number of nitrogens with zero attached hydrogens (tertiary/aromatic N) is 2. The van der Waals surface area contributed by atoms with Crippen LogP contribution in [0.25, 0.3) is 22.6 Å². The topological polar surface area (TPSA) is 41.6 Å². The number of halogens is 3. The third kappa shape index (κ3) is 3.11. The lowest BCUT2D eigenvalue weighted by Crippen LogP contribution is -2.11. The first-order chi connectivity index (χ1) is 11.0. The van der Waals surface area contributed by atoms with Crippen molar-refractivity contribution in [1.82, 2.24) is 15.2 Å². The number of fused-ring (bicyclic) bond motifs is 1. The van der Waals surface area contributed by atoms with Crippen molar-refractivity contribution in [2.45, 2.75) is 19.5 Å². The maximum atomic E-state index is 13.1. The largest absolute Gasteiger partial charge is 0.433 e. The van der Waals surface area contributed by atoms with Gasteiger partial charge in [0.05, 0.1) is 11.7 Å². The Labute approximate surface area is 130 Å². The van der Waals surface area contributed by atoms with Gasteiger partial charge >= 0.3 is 6.18 Å². The van der Waals surface area contributed by atoms with Crippen LogP contribution >= 0.6 is 0 Å². The van der Waals surface area contributed by atoms with E-state index in [1.807, 2.05) is 25.1 Å². The van der Waals surface area contributed by atoms with E-state index in [4.69, 9.17) is 0 Å². The average molecular weight is 317 g/mol. The van der Waals surface area contributed by atoms with E-state index in [9.17, 15) is 13.2 Å². The highest BCUT2D eigenvalue weighted by atomic mass is 19.4. The number of hydrogen-bond donors (Lipinski definition) is 1. The minimum absolute atomic E-state index is 0.120. The van der Waals surface area contributed by atoms with Crippen LogP contribution in [-0.4, -0.2) is 15.2 Å². The molecule has 23 heavy (non-hydrogen) atoms. The second-order valence-corrected chi connectivity index (χ2v) is 5.14. The smallest absolute Gasteiger partial charge is 0.278 e. The van der Waals surface area contributed by atoms with Crippen LogP contribution in [0.2, 0.25) is 0 Å². The lowest BCUT2D eigenvalue weighted by atomic mass is 9.98. The van der Waals surface area contributed by atoms with Crippen molar-refractivity contribution in [1.29, 1.82) is 0 Å². The minimum Gasteiger partial charge on any atom is -0.278 e. The molecule has 2 heterocycles. The SMILES string of the molecule is CC/C(=C\c1ccc2[nH]ncc2c1)c1cccnc1C(F)(F)F. The van der Waals surface area contributed by atoms with Crippen LogP contribution in [0.4, 0.5) is 13.2 Å². The Morgan fingerprint density at radius 3 is 2.83 bits per heavy atom. The van der Waals surface area contributed by atoms with Crippen molar-refractivity contribution in [3.63, 3.8) is 0 Å². The number of benzene rings is 1. The number of aromatic nitrogens is 3. The second kappa shape index (κ2) is 5.87. The lowest BCUT2D eigenvalue weighted by Gasteiger charge is -2.13. The Morgan fingerprint density at radius 1 is 1.26 bits per heavy atom. The highest BCUT2D eigenvalue weighted by Gasteiger charge is 2.35. The summed E-state index contributed by atoms with van der Waals surface area (Å²) in [5.74, 6) is 0. The van der Waals surface area contributed by atoms with Gasteiger partial charge in [0.25, 0.3) is 0 Å². The summed E-state index contributed by atoms with van der Waals surface area (Å²) >= 11 is 0. The van der Waals surface area contributed by atoms with Gasteiger partial charge in [0.15, 0.2) is 5.69 Å². The van der Waals surface area contributed by atoms with E-state index in [1.54, 1.807) is 12.3 Å². The predicted octanol–water partition coefficient (Wildman–Crippen LogP) is 4.93. The Kier molecular flexibility index (Phi) is 3.90. The molecule has 1 aromatic carbocycles. The maximum absolute atomic E-state index is 13.1. The minimum atomic E-state index is -4.47. The van der Waals surface area contributed by atoms with Gasteiger partial charge in [-0.05, 0) is 35.8 Å². The van der Waals surface area contributed by atoms with E-state index in [0.29, 0.717) is 12.0 Å².